The lowest BCUT2D eigenvalue weighted by Crippen LogP contribution is -2.28. The van der Waals surface area contributed by atoms with Crippen LogP contribution in [0.2, 0.25) is 0 Å². The van der Waals surface area contributed by atoms with Gasteiger partial charge in [0.25, 0.3) is 0 Å². The van der Waals surface area contributed by atoms with Crippen LogP contribution in [0.3, 0.4) is 0 Å². The van der Waals surface area contributed by atoms with Gasteiger partial charge in [-0.3, -0.25) is 9.20 Å². The molecule has 0 aliphatic carbocycles. The molecule has 0 fully saturated rings. The maximum absolute atomic E-state index is 12.5. The van der Waals surface area contributed by atoms with Crippen molar-refractivity contribution in [3.05, 3.63) is 83.5 Å². The molecular formula is C21H19N3OS. The van der Waals surface area contributed by atoms with E-state index in [0.717, 1.165) is 27.5 Å². The van der Waals surface area contributed by atoms with Crippen molar-refractivity contribution in [1.82, 2.24) is 14.7 Å². The molecule has 0 saturated heterocycles. The van der Waals surface area contributed by atoms with Gasteiger partial charge in [0.1, 0.15) is 0 Å². The first kappa shape index (κ1) is 16.5. The second-order valence-electron chi connectivity index (χ2n) is 6.25. The molecule has 2 aromatic carbocycles. The Hall–Kier alpha value is -2.92. The molecule has 5 heteroatoms. The summed E-state index contributed by atoms with van der Waals surface area (Å²) >= 11 is 1.56. The van der Waals surface area contributed by atoms with Gasteiger partial charge in [0.15, 0.2) is 4.96 Å². The fraction of sp³-hybridized carbons (Fsp3) is 0.143. The number of benzene rings is 2. The van der Waals surface area contributed by atoms with Crippen molar-refractivity contribution in [2.75, 3.05) is 0 Å². The highest BCUT2D eigenvalue weighted by Crippen LogP contribution is 2.24. The second kappa shape index (κ2) is 7.14. The quantitative estimate of drug-likeness (QED) is 0.569. The molecule has 0 bridgehead atoms. The Labute approximate surface area is 156 Å². The summed E-state index contributed by atoms with van der Waals surface area (Å²) in [6.07, 6.45) is 2.34. The summed E-state index contributed by atoms with van der Waals surface area (Å²) in [5.41, 5.74) is 4.07. The fourth-order valence-electron chi connectivity index (χ4n) is 2.99. The summed E-state index contributed by atoms with van der Waals surface area (Å²) in [5, 5.41) is 5.07. The van der Waals surface area contributed by atoms with E-state index in [1.54, 1.807) is 11.3 Å². The Morgan fingerprint density at radius 2 is 1.81 bits per heavy atom. The largest absolute Gasteiger partial charge is 0.349 e. The van der Waals surface area contributed by atoms with Crippen LogP contribution >= 0.6 is 11.3 Å². The Morgan fingerprint density at radius 3 is 2.54 bits per heavy atom. The molecule has 4 aromatic rings. The summed E-state index contributed by atoms with van der Waals surface area (Å²) in [5.74, 6) is 0.0102. The molecule has 0 aliphatic heterocycles. The molecule has 26 heavy (non-hydrogen) atoms. The van der Waals surface area contributed by atoms with Crippen molar-refractivity contribution in [3.63, 3.8) is 0 Å². The molecule has 0 unspecified atom stereocenters. The zero-order chi connectivity index (χ0) is 17.9. The molecule has 1 amide bonds. The van der Waals surface area contributed by atoms with Crippen LogP contribution in [0.25, 0.3) is 16.2 Å². The highest BCUT2D eigenvalue weighted by atomic mass is 32.1. The van der Waals surface area contributed by atoms with Crippen LogP contribution in [0.1, 0.15) is 24.2 Å². The molecule has 1 N–H and O–H groups in total. The Balaban J connectivity index is 1.50. The first-order valence-corrected chi connectivity index (χ1v) is 9.44. The van der Waals surface area contributed by atoms with Gasteiger partial charge in [-0.2, -0.15) is 0 Å². The first-order chi connectivity index (χ1) is 12.7. The number of amides is 1. The summed E-state index contributed by atoms with van der Waals surface area (Å²) in [4.78, 5) is 18.0. The summed E-state index contributed by atoms with van der Waals surface area (Å²) in [6, 6.07) is 20.1. The minimum Gasteiger partial charge on any atom is -0.349 e. The van der Waals surface area contributed by atoms with Crippen LogP contribution in [0.5, 0.6) is 0 Å². The summed E-state index contributed by atoms with van der Waals surface area (Å²) < 4.78 is 2.01. The number of aromatic nitrogens is 2. The van der Waals surface area contributed by atoms with Gasteiger partial charge in [-0.15, -0.1) is 11.3 Å². The number of nitrogens with zero attached hydrogens (tertiary/aromatic N) is 2. The molecule has 4 nitrogen and oxygen atoms in total. The van der Waals surface area contributed by atoms with E-state index in [9.17, 15) is 4.79 Å². The Kier molecular flexibility index (Phi) is 4.54. The third kappa shape index (κ3) is 3.39. The van der Waals surface area contributed by atoms with E-state index in [1.807, 2.05) is 83.6 Å². The lowest BCUT2D eigenvalue weighted by Gasteiger charge is -2.14. The van der Waals surface area contributed by atoms with Gasteiger partial charge < -0.3 is 5.32 Å². The second-order valence-corrected chi connectivity index (χ2v) is 7.08. The van der Waals surface area contributed by atoms with Crippen molar-refractivity contribution in [2.45, 2.75) is 19.4 Å². The van der Waals surface area contributed by atoms with Crippen molar-refractivity contribution in [3.8, 4) is 11.3 Å². The van der Waals surface area contributed by atoms with E-state index in [0.29, 0.717) is 6.42 Å². The van der Waals surface area contributed by atoms with Crippen LogP contribution in [-0.4, -0.2) is 15.3 Å². The Bertz CT molecular complexity index is 1020. The maximum Gasteiger partial charge on any atom is 0.226 e. The smallest absolute Gasteiger partial charge is 0.226 e. The molecule has 2 heterocycles. The van der Waals surface area contributed by atoms with Gasteiger partial charge in [-0.25, -0.2) is 4.98 Å². The average Bonchev–Trinajstić information content (AvgIpc) is 3.25. The normalized spacial score (nSPS) is 12.2. The van der Waals surface area contributed by atoms with E-state index >= 15 is 0 Å². The Morgan fingerprint density at radius 1 is 1.12 bits per heavy atom. The van der Waals surface area contributed by atoms with Crippen LogP contribution in [0, 0.1) is 0 Å². The van der Waals surface area contributed by atoms with Crippen molar-refractivity contribution < 1.29 is 4.79 Å². The van der Waals surface area contributed by atoms with Crippen LogP contribution in [0.15, 0.2) is 72.2 Å². The number of carbonyl (C=O) groups is 1. The third-order valence-corrected chi connectivity index (χ3v) is 5.26. The number of hydrogen-bond donors (Lipinski definition) is 1. The van der Waals surface area contributed by atoms with Gasteiger partial charge in [0, 0.05) is 22.8 Å². The molecule has 0 saturated carbocycles. The van der Waals surface area contributed by atoms with Gasteiger partial charge in [-0.05, 0) is 12.5 Å². The number of hydrogen-bond acceptors (Lipinski definition) is 3. The van der Waals surface area contributed by atoms with Gasteiger partial charge in [0.05, 0.1) is 18.2 Å². The van der Waals surface area contributed by atoms with E-state index < -0.39 is 0 Å². The van der Waals surface area contributed by atoms with E-state index in [1.165, 1.54) is 0 Å². The van der Waals surface area contributed by atoms with E-state index in [4.69, 9.17) is 0 Å². The highest BCUT2D eigenvalue weighted by molar-refractivity contribution is 7.15. The van der Waals surface area contributed by atoms with Gasteiger partial charge in [0.2, 0.25) is 5.91 Å². The number of imidazole rings is 1. The monoisotopic (exact) mass is 361 g/mol. The third-order valence-electron chi connectivity index (χ3n) is 4.37. The maximum atomic E-state index is 12.5. The number of carbonyl (C=O) groups excluding carboxylic acids is 1. The average molecular weight is 361 g/mol. The van der Waals surface area contributed by atoms with Crippen LogP contribution < -0.4 is 5.32 Å². The molecule has 130 valence electrons. The molecule has 2 aromatic heterocycles. The molecule has 0 aliphatic rings. The fourth-order valence-corrected chi connectivity index (χ4v) is 3.86. The number of rotatable bonds is 5. The number of thiazole rings is 1. The van der Waals surface area contributed by atoms with E-state index in [2.05, 4.69) is 10.3 Å². The highest BCUT2D eigenvalue weighted by Gasteiger charge is 2.14. The van der Waals surface area contributed by atoms with E-state index in [-0.39, 0.29) is 11.9 Å². The van der Waals surface area contributed by atoms with Crippen molar-refractivity contribution in [2.24, 2.45) is 0 Å². The molecule has 1 atom stereocenters. The zero-order valence-electron chi connectivity index (χ0n) is 14.4. The predicted molar refractivity (Wildman–Crippen MR) is 105 cm³/mol. The standard InChI is InChI=1S/C21H19N3OS/c1-15(16-8-4-2-5-9-16)22-20(25)12-18-14-26-21-23-19(13-24(18)21)17-10-6-3-7-11-17/h2-11,13-15H,12H2,1H3,(H,22,25)/t15-/m1/s1. The lowest BCUT2D eigenvalue weighted by molar-refractivity contribution is -0.121. The van der Waals surface area contributed by atoms with Crippen LogP contribution in [0.4, 0.5) is 0 Å². The molecule has 4 rings (SSSR count). The lowest BCUT2D eigenvalue weighted by atomic mass is 10.1. The van der Waals surface area contributed by atoms with Gasteiger partial charge >= 0.3 is 0 Å². The topological polar surface area (TPSA) is 46.4 Å². The molecule has 0 spiro atoms. The number of fused-ring (bicyclic) bond motifs is 1. The van der Waals surface area contributed by atoms with Gasteiger partial charge in [-0.1, -0.05) is 60.7 Å². The number of nitrogens with one attached hydrogen (secondary N) is 1. The van der Waals surface area contributed by atoms with Crippen molar-refractivity contribution >= 4 is 22.2 Å². The zero-order valence-corrected chi connectivity index (χ0v) is 15.2. The molecule has 0 radical (unpaired) electrons. The SMILES string of the molecule is C[C@@H](NC(=O)Cc1csc2nc(-c3ccccc3)cn12)c1ccccc1. The van der Waals surface area contributed by atoms with Crippen molar-refractivity contribution in [1.29, 1.82) is 0 Å². The minimum atomic E-state index is -0.0134. The molecular weight excluding hydrogens is 342 g/mol. The summed E-state index contributed by atoms with van der Waals surface area (Å²) in [6.45, 7) is 2.00. The first-order valence-electron chi connectivity index (χ1n) is 8.56. The minimum absolute atomic E-state index is 0.0102. The van der Waals surface area contributed by atoms with Crippen LogP contribution in [-0.2, 0) is 11.2 Å². The summed E-state index contributed by atoms with van der Waals surface area (Å²) in [7, 11) is 0. The predicted octanol–water partition coefficient (Wildman–Crippen LogP) is 4.48.